The van der Waals surface area contributed by atoms with Crippen LogP contribution >= 0.6 is 22.9 Å². The molecular weight excluding hydrogens is 423 g/mol. The van der Waals surface area contributed by atoms with Crippen LogP contribution in [0, 0.1) is 17.7 Å². The topological polar surface area (TPSA) is 73.1 Å². The molecule has 2 heterocycles. The molecule has 4 aromatic rings. The Balaban J connectivity index is 1.51. The highest BCUT2D eigenvalue weighted by Crippen LogP contribution is 2.32. The summed E-state index contributed by atoms with van der Waals surface area (Å²) in [7, 11) is 0. The Morgan fingerprint density at radius 1 is 1.17 bits per heavy atom. The Labute approximate surface area is 181 Å². The van der Waals surface area contributed by atoms with Crippen molar-refractivity contribution in [2.75, 3.05) is 11.9 Å². The second kappa shape index (κ2) is 9.09. The van der Waals surface area contributed by atoms with Crippen LogP contribution in [0.3, 0.4) is 0 Å². The predicted octanol–water partition coefficient (Wildman–Crippen LogP) is 5.12. The van der Waals surface area contributed by atoms with Gasteiger partial charge < -0.3 is 15.8 Å². The first-order valence-electron chi connectivity index (χ1n) is 8.99. The third-order valence-corrected chi connectivity index (χ3v) is 5.37. The van der Waals surface area contributed by atoms with Gasteiger partial charge >= 0.3 is 0 Å². The Bertz CT molecular complexity index is 1260. The minimum atomic E-state index is -0.302. The molecule has 8 heteroatoms. The number of nitrogens with one attached hydrogen (secondary N) is 1. The number of rotatable bonds is 5. The van der Waals surface area contributed by atoms with Crippen LogP contribution < -0.4 is 15.8 Å². The van der Waals surface area contributed by atoms with Gasteiger partial charge in [0.05, 0.1) is 21.8 Å². The number of ether oxygens (including phenoxy) is 1. The molecule has 2 aromatic heterocycles. The maximum absolute atomic E-state index is 13.3. The summed E-state index contributed by atoms with van der Waals surface area (Å²) in [5.41, 5.74) is 6.92. The van der Waals surface area contributed by atoms with Gasteiger partial charge in [0.2, 0.25) is 0 Å². The highest BCUT2D eigenvalue weighted by molar-refractivity contribution is 7.19. The van der Waals surface area contributed by atoms with Crippen molar-refractivity contribution in [3.8, 4) is 17.6 Å². The SMILES string of the molecule is NCC#Cc1cc2c(Nc3ccc(OCc4cccc(F)c4)c(Cl)c3)ncnc2s1. The molecule has 0 aliphatic heterocycles. The summed E-state index contributed by atoms with van der Waals surface area (Å²) in [5, 5.41) is 4.56. The van der Waals surface area contributed by atoms with E-state index < -0.39 is 0 Å². The van der Waals surface area contributed by atoms with Crippen molar-refractivity contribution in [1.29, 1.82) is 0 Å². The van der Waals surface area contributed by atoms with Gasteiger partial charge in [0.25, 0.3) is 0 Å². The molecule has 30 heavy (non-hydrogen) atoms. The van der Waals surface area contributed by atoms with Gasteiger partial charge in [-0.2, -0.15) is 0 Å². The number of hydrogen-bond donors (Lipinski definition) is 2. The predicted molar refractivity (Wildman–Crippen MR) is 119 cm³/mol. The Kier molecular flexibility index (Phi) is 6.10. The fraction of sp³-hybridized carbons (Fsp3) is 0.0909. The molecular formula is C22H16ClFN4OS. The van der Waals surface area contributed by atoms with E-state index in [4.69, 9.17) is 22.1 Å². The van der Waals surface area contributed by atoms with Gasteiger partial charge in [-0.25, -0.2) is 14.4 Å². The van der Waals surface area contributed by atoms with Crippen molar-refractivity contribution >= 4 is 44.7 Å². The fourth-order valence-electron chi connectivity index (χ4n) is 2.78. The number of hydrogen-bond acceptors (Lipinski definition) is 6. The van der Waals surface area contributed by atoms with Gasteiger partial charge in [0, 0.05) is 5.69 Å². The molecule has 5 nitrogen and oxygen atoms in total. The zero-order valence-electron chi connectivity index (χ0n) is 15.7. The molecule has 4 rings (SSSR count). The quantitative estimate of drug-likeness (QED) is 0.423. The Hall–Kier alpha value is -3.18. The third kappa shape index (κ3) is 4.69. The number of benzene rings is 2. The second-order valence-corrected chi connectivity index (χ2v) is 7.68. The highest BCUT2D eigenvalue weighted by atomic mass is 35.5. The maximum atomic E-state index is 13.3. The van der Waals surface area contributed by atoms with Crippen LogP contribution in [0.25, 0.3) is 10.2 Å². The Morgan fingerprint density at radius 2 is 2.07 bits per heavy atom. The summed E-state index contributed by atoms with van der Waals surface area (Å²) in [4.78, 5) is 10.3. The molecule has 2 aromatic carbocycles. The van der Waals surface area contributed by atoms with Crippen molar-refractivity contribution in [2.45, 2.75) is 6.61 Å². The van der Waals surface area contributed by atoms with Crippen molar-refractivity contribution in [3.05, 3.63) is 76.1 Å². The molecule has 0 saturated carbocycles. The number of halogens is 2. The van der Waals surface area contributed by atoms with Gasteiger partial charge in [-0.3, -0.25) is 0 Å². The van der Waals surface area contributed by atoms with Crippen molar-refractivity contribution in [2.24, 2.45) is 5.73 Å². The number of nitrogens with two attached hydrogens (primary N) is 1. The molecule has 0 bridgehead atoms. The summed E-state index contributed by atoms with van der Waals surface area (Å²) >= 11 is 7.85. The minimum absolute atomic E-state index is 0.221. The maximum Gasteiger partial charge on any atom is 0.142 e. The van der Waals surface area contributed by atoms with E-state index in [2.05, 4.69) is 27.1 Å². The molecule has 0 amide bonds. The van der Waals surface area contributed by atoms with Crippen LogP contribution in [0.15, 0.2) is 54.9 Å². The van der Waals surface area contributed by atoms with Crippen LogP contribution in [0.2, 0.25) is 5.02 Å². The lowest BCUT2D eigenvalue weighted by Gasteiger charge is -2.11. The number of aromatic nitrogens is 2. The average molecular weight is 439 g/mol. The summed E-state index contributed by atoms with van der Waals surface area (Å²) < 4.78 is 19.0. The zero-order chi connectivity index (χ0) is 20.9. The van der Waals surface area contributed by atoms with E-state index in [1.807, 2.05) is 12.1 Å². The summed E-state index contributed by atoms with van der Waals surface area (Å²) in [6.45, 7) is 0.523. The number of thiophene rings is 1. The van der Waals surface area contributed by atoms with E-state index in [1.54, 1.807) is 24.3 Å². The van der Waals surface area contributed by atoms with Gasteiger partial charge in [-0.1, -0.05) is 35.6 Å². The molecule has 0 atom stereocenters. The summed E-state index contributed by atoms with van der Waals surface area (Å²) in [6, 6.07) is 13.5. The Morgan fingerprint density at radius 3 is 2.87 bits per heavy atom. The van der Waals surface area contributed by atoms with Crippen molar-refractivity contribution in [1.82, 2.24) is 9.97 Å². The third-order valence-electron chi connectivity index (χ3n) is 4.12. The molecule has 3 N–H and O–H groups in total. The minimum Gasteiger partial charge on any atom is -0.487 e. The zero-order valence-corrected chi connectivity index (χ0v) is 17.2. The van der Waals surface area contributed by atoms with Crippen LogP contribution in [-0.2, 0) is 6.61 Å². The van der Waals surface area contributed by atoms with Crippen LogP contribution in [0.5, 0.6) is 5.75 Å². The molecule has 0 radical (unpaired) electrons. The van der Waals surface area contributed by atoms with Crippen molar-refractivity contribution in [3.63, 3.8) is 0 Å². The first kappa shape index (κ1) is 20.1. The van der Waals surface area contributed by atoms with E-state index in [9.17, 15) is 4.39 Å². The van der Waals surface area contributed by atoms with Gasteiger partial charge in [0.1, 0.15) is 35.1 Å². The summed E-state index contributed by atoms with van der Waals surface area (Å²) in [5.74, 6) is 6.72. The standard InChI is InChI=1S/C22H16ClFN4OS/c23-19-10-16(6-7-20(19)29-12-14-3-1-4-15(24)9-14)28-21-18-11-17(5-2-8-25)30-22(18)27-13-26-21/h1,3-4,6-7,9-11,13H,8,12,25H2,(H,26,27,28). The highest BCUT2D eigenvalue weighted by Gasteiger charge is 2.10. The van der Waals surface area contributed by atoms with Crippen molar-refractivity contribution < 1.29 is 9.13 Å². The second-order valence-electron chi connectivity index (χ2n) is 6.25. The van der Waals surface area contributed by atoms with E-state index in [0.29, 0.717) is 23.1 Å². The normalized spacial score (nSPS) is 10.5. The number of nitrogens with zero attached hydrogens (tertiary/aromatic N) is 2. The number of anilines is 2. The molecule has 0 aliphatic rings. The molecule has 0 fully saturated rings. The number of fused-ring (bicyclic) bond motifs is 1. The molecule has 0 spiro atoms. The molecule has 150 valence electrons. The summed E-state index contributed by atoms with van der Waals surface area (Å²) in [6.07, 6.45) is 1.50. The van der Waals surface area contributed by atoms with Crippen LogP contribution in [-0.4, -0.2) is 16.5 Å². The van der Waals surface area contributed by atoms with E-state index in [1.165, 1.54) is 29.8 Å². The largest absolute Gasteiger partial charge is 0.487 e. The molecule has 0 unspecified atom stereocenters. The monoisotopic (exact) mass is 438 g/mol. The lowest BCUT2D eigenvalue weighted by atomic mass is 10.2. The van der Waals surface area contributed by atoms with Gasteiger partial charge in [-0.15, -0.1) is 11.3 Å². The lowest BCUT2D eigenvalue weighted by Crippen LogP contribution is -1.98. The smallest absolute Gasteiger partial charge is 0.142 e. The average Bonchev–Trinajstić information content (AvgIpc) is 3.16. The first-order chi connectivity index (χ1) is 14.6. The lowest BCUT2D eigenvalue weighted by molar-refractivity contribution is 0.306. The molecule has 0 saturated heterocycles. The van der Waals surface area contributed by atoms with E-state index in [-0.39, 0.29) is 12.4 Å². The van der Waals surface area contributed by atoms with Crippen LogP contribution in [0.1, 0.15) is 10.4 Å². The van der Waals surface area contributed by atoms with Gasteiger partial charge in [0.15, 0.2) is 0 Å². The fourth-order valence-corrected chi connectivity index (χ4v) is 3.88. The van der Waals surface area contributed by atoms with E-state index >= 15 is 0 Å². The van der Waals surface area contributed by atoms with Crippen LogP contribution in [0.4, 0.5) is 15.9 Å². The van der Waals surface area contributed by atoms with E-state index in [0.717, 1.165) is 26.3 Å². The first-order valence-corrected chi connectivity index (χ1v) is 10.2. The van der Waals surface area contributed by atoms with Gasteiger partial charge in [-0.05, 0) is 42.0 Å². The molecule has 0 aliphatic carbocycles.